The van der Waals surface area contributed by atoms with E-state index < -0.39 is 10.0 Å². The number of hydrogen-bond acceptors (Lipinski definition) is 3. The van der Waals surface area contributed by atoms with Crippen molar-refractivity contribution in [3.05, 3.63) is 33.7 Å². The van der Waals surface area contributed by atoms with Crippen LogP contribution in [-0.2, 0) is 20.9 Å². The average Bonchev–Trinajstić information content (AvgIpc) is 2.64. The van der Waals surface area contributed by atoms with Gasteiger partial charge in [0, 0.05) is 24.7 Å². The van der Waals surface area contributed by atoms with Crippen LogP contribution >= 0.6 is 0 Å². The minimum Gasteiger partial charge on any atom is -0.507 e. The lowest BCUT2D eigenvalue weighted by Crippen LogP contribution is -2.19. The summed E-state index contributed by atoms with van der Waals surface area (Å²) >= 11 is 0. The van der Waals surface area contributed by atoms with Crippen molar-refractivity contribution < 1.29 is 13.5 Å². The number of phenolic OH excluding ortho intramolecular Hbond substituents is 1. The van der Waals surface area contributed by atoms with Crippen LogP contribution in [0, 0.1) is 0 Å². The molecule has 0 spiro atoms. The van der Waals surface area contributed by atoms with E-state index >= 15 is 0 Å². The van der Waals surface area contributed by atoms with E-state index in [-0.39, 0.29) is 10.8 Å². The molecule has 0 bridgehead atoms. The normalized spacial score (nSPS) is 20.7. The van der Waals surface area contributed by atoms with Crippen LogP contribution in [-0.4, -0.2) is 31.4 Å². The van der Waals surface area contributed by atoms with E-state index in [2.05, 4.69) is 0 Å². The van der Waals surface area contributed by atoms with Crippen molar-refractivity contribution in [2.24, 2.45) is 0 Å². The fourth-order valence-corrected chi connectivity index (χ4v) is 4.30. The zero-order chi connectivity index (χ0) is 18.5. The number of sulfonamides is 1. The van der Waals surface area contributed by atoms with Crippen LogP contribution < -0.4 is 0 Å². The first-order chi connectivity index (χ1) is 10.7. The van der Waals surface area contributed by atoms with Crippen LogP contribution in [0.1, 0.15) is 64.7 Å². The fraction of sp³-hybridized carbons (Fsp3) is 0.579. The van der Waals surface area contributed by atoms with Gasteiger partial charge in [-0.2, -0.15) is 0 Å². The Hall–Kier alpha value is -1.33. The van der Waals surface area contributed by atoms with Crippen molar-refractivity contribution in [2.45, 2.75) is 58.8 Å². The highest BCUT2D eigenvalue weighted by molar-refractivity contribution is 7.93. The van der Waals surface area contributed by atoms with E-state index in [1.807, 2.05) is 53.7 Å². The second-order valence-electron chi connectivity index (χ2n) is 8.65. The summed E-state index contributed by atoms with van der Waals surface area (Å²) in [5, 5.41) is 10.7. The molecular weight excluding hydrogens is 322 g/mol. The number of rotatable bonds is 1. The van der Waals surface area contributed by atoms with Crippen molar-refractivity contribution in [3.8, 4) is 5.75 Å². The topological polar surface area (TPSA) is 57.6 Å². The lowest BCUT2D eigenvalue weighted by Gasteiger charge is -2.28. The molecule has 4 nitrogen and oxygen atoms in total. The average molecular weight is 352 g/mol. The van der Waals surface area contributed by atoms with Crippen LogP contribution in [0.2, 0.25) is 0 Å². The third kappa shape index (κ3) is 3.52. The van der Waals surface area contributed by atoms with Crippen LogP contribution in [0.5, 0.6) is 5.75 Å². The molecule has 1 aliphatic heterocycles. The molecule has 0 aliphatic carbocycles. The van der Waals surface area contributed by atoms with Gasteiger partial charge in [0.15, 0.2) is 0 Å². The molecule has 1 heterocycles. The van der Waals surface area contributed by atoms with E-state index in [0.29, 0.717) is 23.6 Å². The zero-order valence-corrected chi connectivity index (χ0v) is 16.6. The van der Waals surface area contributed by atoms with Gasteiger partial charge >= 0.3 is 0 Å². The molecule has 1 aliphatic rings. The second kappa shape index (κ2) is 5.88. The van der Waals surface area contributed by atoms with Crippen LogP contribution in [0.3, 0.4) is 0 Å². The van der Waals surface area contributed by atoms with Crippen LogP contribution in [0.25, 0.3) is 6.08 Å². The first kappa shape index (κ1) is 19.0. The van der Waals surface area contributed by atoms with Gasteiger partial charge in [-0.05, 0) is 41.0 Å². The van der Waals surface area contributed by atoms with Gasteiger partial charge in [-0.3, -0.25) is 0 Å². The van der Waals surface area contributed by atoms with Crippen molar-refractivity contribution in [3.63, 3.8) is 0 Å². The molecule has 1 aromatic carbocycles. The summed E-state index contributed by atoms with van der Waals surface area (Å²) in [6.45, 7) is 12.8. The van der Waals surface area contributed by atoms with Gasteiger partial charge in [-0.1, -0.05) is 41.5 Å². The highest BCUT2D eigenvalue weighted by Gasteiger charge is 2.31. The first-order valence-electron chi connectivity index (χ1n) is 8.29. The van der Waals surface area contributed by atoms with E-state index in [1.54, 1.807) is 13.1 Å². The maximum Gasteiger partial charge on any atom is 0.239 e. The second-order valence-corrected chi connectivity index (χ2v) is 10.7. The first-order valence-corrected chi connectivity index (χ1v) is 9.73. The maximum atomic E-state index is 12.3. The van der Waals surface area contributed by atoms with Crippen LogP contribution in [0.15, 0.2) is 17.0 Å². The lowest BCUT2D eigenvalue weighted by atomic mass is 9.78. The van der Waals surface area contributed by atoms with Gasteiger partial charge in [0.2, 0.25) is 10.0 Å². The Morgan fingerprint density at radius 3 is 1.83 bits per heavy atom. The van der Waals surface area contributed by atoms with E-state index in [1.165, 1.54) is 4.31 Å². The SMILES string of the molecule is CN1CC/C(=C\c2cc(C(C)(C)C)c(O)c(C(C)(C)C)c2)S1(=O)=O. The van der Waals surface area contributed by atoms with Gasteiger partial charge in [0.25, 0.3) is 0 Å². The van der Waals surface area contributed by atoms with Crippen LogP contribution in [0.4, 0.5) is 0 Å². The van der Waals surface area contributed by atoms with Crippen molar-refractivity contribution in [1.82, 2.24) is 4.31 Å². The Balaban J connectivity index is 2.69. The highest BCUT2D eigenvalue weighted by Crippen LogP contribution is 2.40. The van der Waals surface area contributed by atoms with E-state index in [0.717, 1.165) is 16.7 Å². The molecule has 1 fully saturated rings. The lowest BCUT2D eigenvalue weighted by molar-refractivity contribution is 0.423. The van der Waals surface area contributed by atoms with E-state index in [9.17, 15) is 13.5 Å². The van der Waals surface area contributed by atoms with Gasteiger partial charge in [-0.25, -0.2) is 12.7 Å². The molecule has 0 atom stereocenters. The summed E-state index contributed by atoms with van der Waals surface area (Å²) in [6.07, 6.45) is 2.28. The molecule has 0 amide bonds. The Morgan fingerprint density at radius 1 is 1.04 bits per heavy atom. The number of benzene rings is 1. The zero-order valence-electron chi connectivity index (χ0n) is 15.8. The molecule has 1 saturated heterocycles. The summed E-state index contributed by atoms with van der Waals surface area (Å²) in [6, 6.07) is 3.82. The molecule has 5 heteroatoms. The minimum absolute atomic E-state index is 0.232. The minimum atomic E-state index is -3.34. The molecule has 1 aromatic rings. The molecule has 1 N–H and O–H groups in total. The summed E-state index contributed by atoms with van der Waals surface area (Å²) in [5.41, 5.74) is 2.04. The van der Waals surface area contributed by atoms with Crippen molar-refractivity contribution in [1.29, 1.82) is 0 Å². The molecule has 0 radical (unpaired) electrons. The molecule has 24 heavy (non-hydrogen) atoms. The molecule has 0 saturated carbocycles. The predicted molar refractivity (Wildman–Crippen MR) is 99.7 cm³/mol. The van der Waals surface area contributed by atoms with Crippen molar-refractivity contribution >= 4 is 16.1 Å². The van der Waals surface area contributed by atoms with Gasteiger partial charge in [-0.15, -0.1) is 0 Å². The Morgan fingerprint density at radius 2 is 1.50 bits per heavy atom. The summed E-state index contributed by atoms with van der Waals surface area (Å²) in [7, 11) is -1.73. The summed E-state index contributed by atoms with van der Waals surface area (Å²) < 4.78 is 26.1. The Labute approximate surface area is 146 Å². The number of phenols is 1. The fourth-order valence-electron chi connectivity index (χ4n) is 2.93. The van der Waals surface area contributed by atoms with E-state index in [4.69, 9.17) is 0 Å². The summed E-state index contributed by atoms with van der Waals surface area (Å²) in [5.74, 6) is 0.309. The largest absolute Gasteiger partial charge is 0.507 e. The quantitative estimate of drug-likeness (QED) is 0.832. The molecule has 134 valence electrons. The van der Waals surface area contributed by atoms with Gasteiger partial charge in [0.1, 0.15) is 5.75 Å². The molecule has 0 aromatic heterocycles. The van der Waals surface area contributed by atoms with Gasteiger partial charge in [0.05, 0.1) is 4.91 Å². The predicted octanol–water partition coefficient (Wildman–Crippen LogP) is 3.99. The van der Waals surface area contributed by atoms with Gasteiger partial charge < -0.3 is 5.11 Å². The molecular formula is C19H29NO3S. The smallest absolute Gasteiger partial charge is 0.239 e. The van der Waals surface area contributed by atoms with Crippen molar-refractivity contribution in [2.75, 3.05) is 13.6 Å². The Kier molecular flexibility index (Phi) is 4.66. The third-order valence-corrected chi connectivity index (χ3v) is 6.48. The maximum absolute atomic E-state index is 12.3. The number of nitrogens with zero attached hydrogens (tertiary/aromatic N) is 1. The summed E-state index contributed by atoms with van der Waals surface area (Å²) in [4.78, 5) is 0.440. The highest BCUT2D eigenvalue weighted by atomic mass is 32.2. The molecule has 2 rings (SSSR count). The third-order valence-electron chi connectivity index (χ3n) is 4.49. The molecule has 0 unspecified atom stereocenters. The monoisotopic (exact) mass is 351 g/mol. The Bertz CT molecular complexity index is 743. The number of aromatic hydroxyl groups is 1. The standard InChI is InChI=1S/C19H29NO3S/c1-18(2,3)15-11-13(12-16(17(15)21)19(4,5)6)10-14-8-9-20(7)24(14,22)23/h10-12,21H,8-9H2,1-7H3/b14-10+. The number of hydrogen-bond donors (Lipinski definition) is 1.